The van der Waals surface area contributed by atoms with Crippen LogP contribution in [-0.4, -0.2) is 35.7 Å². The molecule has 0 N–H and O–H groups in total. The van der Waals surface area contributed by atoms with Gasteiger partial charge >= 0.3 is 0 Å². The number of hydrogen-bond donors (Lipinski definition) is 0. The van der Waals surface area contributed by atoms with Gasteiger partial charge in [-0.05, 0) is 17.7 Å². The number of morpholine rings is 1. The Balaban J connectivity index is 1.59. The van der Waals surface area contributed by atoms with Crippen molar-refractivity contribution in [3.8, 4) is 5.75 Å². The zero-order valence-electron chi connectivity index (χ0n) is 12.9. The highest BCUT2D eigenvalue weighted by atomic mass is 16.5. The summed E-state index contributed by atoms with van der Waals surface area (Å²) in [5, 5.41) is 0. The highest BCUT2D eigenvalue weighted by Gasteiger charge is 2.16. The second-order valence-corrected chi connectivity index (χ2v) is 5.56. The lowest BCUT2D eigenvalue weighted by atomic mass is 10.2. The molecule has 2 aromatic heterocycles. The van der Waals surface area contributed by atoms with E-state index in [1.54, 1.807) is 0 Å². The maximum Gasteiger partial charge on any atom is 0.181 e. The zero-order valence-corrected chi connectivity index (χ0v) is 12.9. The Morgan fingerprint density at radius 2 is 1.87 bits per heavy atom. The summed E-state index contributed by atoms with van der Waals surface area (Å²) in [4.78, 5) is 6.86. The molecule has 0 bridgehead atoms. The Morgan fingerprint density at radius 1 is 1.04 bits per heavy atom. The highest BCUT2D eigenvalue weighted by Crippen LogP contribution is 2.25. The van der Waals surface area contributed by atoms with Crippen LogP contribution < -0.4 is 9.64 Å². The van der Waals surface area contributed by atoms with E-state index < -0.39 is 0 Å². The molecule has 1 aliphatic heterocycles. The van der Waals surface area contributed by atoms with Gasteiger partial charge in [0.1, 0.15) is 12.4 Å². The molecule has 5 heteroatoms. The van der Waals surface area contributed by atoms with Crippen molar-refractivity contribution >= 4 is 11.5 Å². The van der Waals surface area contributed by atoms with Gasteiger partial charge in [-0.25, -0.2) is 4.98 Å². The summed E-state index contributed by atoms with van der Waals surface area (Å²) < 4.78 is 13.5. The number of fused-ring (bicyclic) bond motifs is 1. The fourth-order valence-corrected chi connectivity index (χ4v) is 2.85. The van der Waals surface area contributed by atoms with Crippen LogP contribution in [0, 0.1) is 0 Å². The first kappa shape index (κ1) is 14.1. The first-order valence-electron chi connectivity index (χ1n) is 7.87. The van der Waals surface area contributed by atoms with Crippen molar-refractivity contribution in [3.63, 3.8) is 0 Å². The number of nitrogens with zero attached hydrogens (tertiary/aromatic N) is 3. The Morgan fingerprint density at radius 3 is 2.70 bits per heavy atom. The number of benzene rings is 1. The minimum absolute atomic E-state index is 0.542. The number of pyridine rings is 1. The van der Waals surface area contributed by atoms with Gasteiger partial charge in [0.15, 0.2) is 11.4 Å². The third-order valence-corrected chi connectivity index (χ3v) is 4.05. The van der Waals surface area contributed by atoms with Gasteiger partial charge in [-0.1, -0.05) is 30.3 Å². The van der Waals surface area contributed by atoms with Crippen LogP contribution in [0.25, 0.3) is 5.65 Å². The van der Waals surface area contributed by atoms with E-state index in [1.165, 1.54) is 0 Å². The molecule has 1 saturated heterocycles. The van der Waals surface area contributed by atoms with Gasteiger partial charge in [-0.2, -0.15) is 0 Å². The van der Waals surface area contributed by atoms with Gasteiger partial charge in [0.25, 0.3) is 0 Å². The molecule has 0 radical (unpaired) electrons. The fraction of sp³-hybridized carbons (Fsp3) is 0.278. The number of hydrogen-bond acceptors (Lipinski definition) is 4. The minimum Gasteiger partial charge on any atom is -0.485 e. The normalized spacial score (nSPS) is 15.0. The highest BCUT2D eigenvalue weighted by molar-refractivity contribution is 5.60. The summed E-state index contributed by atoms with van der Waals surface area (Å²) >= 11 is 0. The fourth-order valence-electron chi connectivity index (χ4n) is 2.85. The monoisotopic (exact) mass is 309 g/mol. The van der Waals surface area contributed by atoms with Crippen LogP contribution in [0.1, 0.15) is 5.56 Å². The quantitative estimate of drug-likeness (QED) is 0.743. The van der Waals surface area contributed by atoms with Crippen molar-refractivity contribution in [1.82, 2.24) is 9.38 Å². The van der Waals surface area contributed by atoms with Gasteiger partial charge in [0.2, 0.25) is 0 Å². The van der Waals surface area contributed by atoms with Gasteiger partial charge in [0.05, 0.1) is 19.4 Å². The predicted octanol–water partition coefficient (Wildman–Crippen LogP) is 2.75. The van der Waals surface area contributed by atoms with Gasteiger partial charge < -0.3 is 14.4 Å². The van der Waals surface area contributed by atoms with E-state index in [0.29, 0.717) is 6.61 Å². The summed E-state index contributed by atoms with van der Waals surface area (Å²) in [5.74, 6) is 1.89. The Hall–Kier alpha value is -2.53. The van der Waals surface area contributed by atoms with Crippen LogP contribution in [0.3, 0.4) is 0 Å². The molecule has 0 amide bonds. The molecular formula is C18H19N3O2. The van der Waals surface area contributed by atoms with Crippen LogP contribution in [0.4, 0.5) is 5.82 Å². The summed E-state index contributed by atoms with van der Waals surface area (Å²) in [6.45, 7) is 3.85. The Kier molecular flexibility index (Phi) is 3.86. The first-order valence-corrected chi connectivity index (χ1v) is 7.87. The molecular weight excluding hydrogens is 290 g/mol. The predicted molar refractivity (Wildman–Crippen MR) is 89.0 cm³/mol. The molecule has 1 aliphatic rings. The standard InChI is InChI=1S/C18H19N3O2/c1-2-5-15(6-3-1)14-23-16-7-4-8-21-17(13-19-18(16)21)20-9-11-22-12-10-20/h1-8,13H,9-12,14H2. The van der Waals surface area contributed by atoms with E-state index >= 15 is 0 Å². The molecule has 0 unspecified atom stereocenters. The van der Waals surface area contributed by atoms with Crippen molar-refractivity contribution in [2.45, 2.75) is 6.61 Å². The summed E-state index contributed by atoms with van der Waals surface area (Å²) in [6, 6.07) is 14.1. The first-order chi connectivity index (χ1) is 11.4. The number of ether oxygens (including phenoxy) is 2. The van der Waals surface area contributed by atoms with Gasteiger partial charge in [-0.15, -0.1) is 0 Å². The molecule has 118 valence electrons. The smallest absolute Gasteiger partial charge is 0.181 e. The maximum atomic E-state index is 5.98. The molecule has 0 spiro atoms. The van der Waals surface area contributed by atoms with E-state index in [4.69, 9.17) is 9.47 Å². The topological polar surface area (TPSA) is 39.0 Å². The maximum absolute atomic E-state index is 5.98. The van der Waals surface area contributed by atoms with Gasteiger partial charge in [-0.3, -0.25) is 4.40 Å². The van der Waals surface area contributed by atoms with E-state index in [0.717, 1.165) is 49.1 Å². The van der Waals surface area contributed by atoms with Crippen LogP contribution in [0.5, 0.6) is 5.75 Å². The van der Waals surface area contributed by atoms with E-state index in [1.807, 2.05) is 42.7 Å². The average Bonchev–Trinajstić information content (AvgIpc) is 3.06. The van der Waals surface area contributed by atoms with Crippen molar-refractivity contribution in [1.29, 1.82) is 0 Å². The zero-order chi connectivity index (χ0) is 15.5. The third kappa shape index (κ3) is 2.87. The summed E-state index contributed by atoms with van der Waals surface area (Å²) in [6.07, 6.45) is 3.94. The number of rotatable bonds is 4. The molecule has 0 saturated carbocycles. The number of aromatic nitrogens is 2. The molecule has 5 nitrogen and oxygen atoms in total. The second kappa shape index (κ2) is 6.30. The molecule has 23 heavy (non-hydrogen) atoms. The van der Waals surface area contributed by atoms with Crippen LogP contribution in [0.2, 0.25) is 0 Å². The second-order valence-electron chi connectivity index (χ2n) is 5.56. The van der Waals surface area contributed by atoms with Crippen LogP contribution in [0.15, 0.2) is 54.9 Å². The number of anilines is 1. The summed E-state index contributed by atoms with van der Waals surface area (Å²) in [5.41, 5.74) is 2.00. The van der Waals surface area contributed by atoms with Crippen molar-refractivity contribution in [2.24, 2.45) is 0 Å². The molecule has 0 aliphatic carbocycles. The van der Waals surface area contributed by atoms with Crippen molar-refractivity contribution < 1.29 is 9.47 Å². The minimum atomic E-state index is 0.542. The molecule has 0 atom stereocenters. The van der Waals surface area contributed by atoms with E-state index in [9.17, 15) is 0 Å². The lowest BCUT2D eigenvalue weighted by molar-refractivity contribution is 0.122. The molecule has 1 fully saturated rings. The lowest BCUT2D eigenvalue weighted by Crippen LogP contribution is -2.36. The van der Waals surface area contributed by atoms with E-state index in [2.05, 4.69) is 26.4 Å². The summed E-state index contributed by atoms with van der Waals surface area (Å²) in [7, 11) is 0. The molecule has 3 heterocycles. The average molecular weight is 309 g/mol. The molecule has 3 aromatic rings. The van der Waals surface area contributed by atoms with Gasteiger partial charge in [0, 0.05) is 19.3 Å². The van der Waals surface area contributed by atoms with Crippen molar-refractivity contribution in [2.75, 3.05) is 31.2 Å². The largest absolute Gasteiger partial charge is 0.485 e. The third-order valence-electron chi connectivity index (χ3n) is 4.05. The SMILES string of the molecule is c1ccc(COc2cccn3c(N4CCOCC4)cnc23)cc1. The molecule has 4 rings (SSSR count). The van der Waals surface area contributed by atoms with Crippen LogP contribution in [-0.2, 0) is 11.3 Å². The van der Waals surface area contributed by atoms with Crippen molar-refractivity contribution in [3.05, 3.63) is 60.4 Å². The number of imidazole rings is 1. The van der Waals surface area contributed by atoms with E-state index in [-0.39, 0.29) is 0 Å². The lowest BCUT2D eigenvalue weighted by Gasteiger charge is -2.27. The molecule has 1 aromatic carbocycles. The Labute approximate surface area is 135 Å². The van der Waals surface area contributed by atoms with Crippen LogP contribution >= 0.6 is 0 Å². The Bertz CT molecular complexity index is 779.